The molecule has 1 fully saturated rings. The second-order valence-electron chi connectivity index (χ2n) is 4.05. The average molecular weight is 248 g/mol. The molecule has 2 aromatic heterocycles. The minimum atomic E-state index is 0.0867. The Morgan fingerprint density at radius 2 is 2.35 bits per heavy atom. The molecule has 1 aliphatic rings. The molecule has 6 heteroatoms. The third kappa shape index (κ3) is 1.64. The highest BCUT2D eigenvalue weighted by molar-refractivity contribution is 7.16. The molecule has 0 saturated carbocycles. The number of nitrogens with zero attached hydrogens (tertiary/aromatic N) is 3. The molecule has 3 rings (SSSR count). The zero-order valence-electron chi connectivity index (χ0n) is 9.38. The summed E-state index contributed by atoms with van der Waals surface area (Å²) in [7, 11) is 1.67. The van der Waals surface area contributed by atoms with Gasteiger partial charge in [0, 0.05) is 20.1 Å². The largest absolute Gasteiger partial charge is 0.359 e. The molecule has 5 nitrogen and oxygen atoms in total. The first kappa shape index (κ1) is 10.5. The van der Waals surface area contributed by atoms with Gasteiger partial charge in [-0.1, -0.05) is 0 Å². The van der Waals surface area contributed by atoms with E-state index in [1.165, 1.54) is 0 Å². The van der Waals surface area contributed by atoms with E-state index >= 15 is 0 Å². The number of fused-ring (bicyclic) bond motifs is 1. The van der Waals surface area contributed by atoms with Gasteiger partial charge in [-0.3, -0.25) is 4.79 Å². The molecule has 0 aliphatic carbocycles. The third-order valence-electron chi connectivity index (χ3n) is 3.04. The Bertz CT molecular complexity index is 561. The average Bonchev–Trinajstić information content (AvgIpc) is 2.75. The molecule has 0 bridgehead atoms. The first-order valence-electron chi connectivity index (χ1n) is 5.44. The number of hydrogen-bond acceptors (Lipinski definition) is 5. The van der Waals surface area contributed by atoms with E-state index in [9.17, 15) is 4.79 Å². The molecule has 1 aliphatic heterocycles. The lowest BCUT2D eigenvalue weighted by atomic mass is 9.99. The fourth-order valence-electron chi connectivity index (χ4n) is 2.05. The van der Waals surface area contributed by atoms with Crippen LogP contribution in [0.1, 0.15) is 0 Å². The zero-order valence-corrected chi connectivity index (χ0v) is 10.2. The summed E-state index contributed by atoms with van der Waals surface area (Å²) in [5.41, 5.74) is 0. The Labute approximate surface area is 102 Å². The molecular weight excluding hydrogens is 236 g/mol. The molecule has 1 N–H and O–H groups in total. The lowest BCUT2D eigenvalue weighted by Gasteiger charge is -2.39. The van der Waals surface area contributed by atoms with Crippen LogP contribution < -0.4 is 10.2 Å². The van der Waals surface area contributed by atoms with Crippen LogP contribution in [0.3, 0.4) is 0 Å². The Kier molecular flexibility index (Phi) is 2.44. The molecule has 0 spiro atoms. The fraction of sp³-hybridized carbons (Fsp3) is 0.364. The zero-order chi connectivity index (χ0) is 11.8. The summed E-state index contributed by atoms with van der Waals surface area (Å²) in [6.07, 6.45) is 1.58. The number of anilines is 1. The third-order valence-corrected chi connectivity index (χ3v) is 3.86. The highest BCUT2D eigenvalue weighted by Crippen LogP contribution is 2.30. The molecule has 3 heterocycles. The Morgan fingerprint density at radius 1 is 1.53 bits per heavy atom. The van der Waals surface area contributed by atoms with Crippen LogP contribution >= 0.6 is 11.3 Å². The summed E-state index contributed by atoms with van der Waals surface area (Å²) in [4.78, 5) is 23.1. The molecule has 1 amide bonds. The van der Waals surface area contributed by atoms with Gasteiger partial charge in [-0.2, -0.15) is 0 Å². The van der Waals surface area contributed by atoms with Crippen molar-refractivity contribution < 1.29 is 4.79 Å². The van der Waals surface area contributed by atoms with Gasteiger partial charge in [0.25, 0.3) is 0 Å². The summed E-state index contributed by atoms with van der Waals surface area (Å²) in [5.74, 6) is 1.14. The van der Waals surface area contributed by atoms with Gasteiger partial charge >= 0.3 is 0 Å². The van der Waals surface area contributed by atoms with Crippen LogP contribution in [0.15, 0.2) is 17.8 Å². The normalized spacial score (nSPS) is 15.9. The first-order chi connectivity index (χ1) is 8.29. The van der Waals surface area contributed by atoms with Crippen molar-refractivity contribution in [3.8, 4) is 0 Å². The summed E-state index contributed by atoms with van der Waals surface area (Å²) < 4.78 is 0. The summed E-state index contributed by atoms with van der Waals surface area (Å²) in [6.45, 7) is 1.48. The summed E-state index contributed by atoms with van der Waals surface area (Å²) >= 11 is 1.61. The number of nitrogens with one attached hydrogen (secondary N) is 1. The van der Waals surface area contributed by atoms with Gasteiger partial charge in [0.1, 0.15) is 17.0 Å². The molecule has 0 atom stereocenters. The van der Waals surface area contributed by atoms with Crippen molar-refractivity contribution in [2.24, 2.45) is 5.92 Å². The van der Waals surface area contributed by atoms with Gasteiger partial charge in [-0.05, 0) is 11.4 Å². The molecule has 0 aromatic carbocycles. The Morgan fingerprint density at radius 3 is 3.12 bits per heavy atom. The van der Waals surface area contributed by atoms with E-state index in [2.05, 4.69) is 20.2 Å². The lowest BCUT2D eigenvalue weighted by molar-refractivity contribution is -0.125. The standard InChI is InChI=1S/C11H12N4OS/c1-12-10(16)7-4-15(5-7)9-8-2-3-17-11(8)14-6-13-9/h2-3,6-7H,4-5H2,1H3,(H,12,16). The summed E-state index contributed by atoms with van der Waals surface area (Å²) in [6, 6.07) is 2.03. The number of amides is 1. The number of thiophene rings is 1. The fourth-order valence-corrected chi connectivity index (χ4v) is 2.78. The molecule has 0 unspecified atom stereocenters. The van der Waals surface area contributed by atoms with Gasteiger partial charge in [0.05, 0.1) is 11.3 Å². The van der Waals surface area contributed by atoms with Crippen LogP contribution in [-0.4, -0.2) is 36.0 Å². The van der Waals surface area contributed by atoms with Crippen LogP contribution in [0, 0.1) is 5.92 Å². The smallest absolute Gasteiger partial charge is 0.226 e. The van der Waals surface area contributed by atoms with Crippen molar-refractivity contribution in [2.75, 3.05) is 25.0 Å². The number of carbonyl (C=O) groups excluding carboxylic acids is 1. The van der Waals surface area contributed by atoms with Gasteiger partial charge in [0.15, 0.2) is 0 Å². The van der Waals surface area contributed by atoms with E-state index in [4.69, 9.17) is 0 Å². The lowest BCUT2D eigenvalue weighted by Crippen LogP contribution is -2.53. The summed E-state index contributed by atoms with van der Waals surface area (Å²) in [5, 5.41) is 5.76. The van der Waals surface area contributed by atoms with E-state index in [0.717, 1.165) is 29.1 Å². The second-order valence-corrected chi connectivity index (χ2v) is 4.95. The maximum Gasteiger partial charge on any atom is 0.226 e. The van der Waals surface area contributed by atoms with Crippen LogP contribution in [0.25, 0.3) is 10.2 Å². The molecule has 88 valence electrons. The SMILES string of the molecule is CNC(=O)C1CN(c2ncnc3sccc23)C1. The Hall–Kier alpha value is -1.69. The Balaban J connectivity index is 1.83. The predicted molar refractivity (Wildman–Crippen MR) is 67.2 cm³/mol. The highest BCUT2D eigenvalue weighted by Gasteiger charge is 2.33. The highest BCUT2D eigenvalue weighted by atomic mass is 32.1. The van der Waals surface area contributed by atoms with Crippen LogP contribution in [0.5, 0.6) is 0 Å². The minimum Gasteiger partial charge on any atom is -0.359 e. The maximum atomic E-state index is 11.4. The number of rotatable bonds is 2. The van der Waals surface area contributed by atoms with E-state index < -0.39 is 0 Å². The number of carbonyl (C=O) groups is 1. The molecule has 1 saturated heterocycles. The second kappa shape index (κ2) is 3.96. The van der Waals surface area contributed by atoms with Gasteiger partial charge < -0.3 is 10.2 Å². The molecule has 2 aromatic rings. The first-order valence-corrected chi connectivity index (χ1v) is 6.32. The van der Waals surface area contributed by atoms with Crippen molar-refractivity contribution in [2.45, 2.75) is 0 Å². The number of aromatic nitrogens is 2. The van der Waals surface area contributed by atoms with E-state index in [0.29, 0.717) is 0 Å². The van der Waals surface area contributed by atoms with E-state index in [-0.39, 0.29) is 11.8 Å². The predicted octanol–water partition coefficient (Wildman–Crippen LogP) is 0.873. The van der Waals surface area contributed by atoms with Crippen molar-refractivity contribution in [1.82, 2.24) is 15.3 Å². The topological polar surface area (TPSA) is 58.1 Å². The van der Waals surface area contributed by atoms with Crippen LogP contribution in [0.4, 0.5) is 5.82 Å². The van der Waals surface area contributed by atoms with E-state index in [1.807, 2.05) is 11.4 Å². The monoisotopic (exact) mass is 248 g/mol. The van der Waals surface area contributed by atoms with Gasteiger partial charge in [0.2, 0.25) is 5.91 Å². The van der Waals surface area contributed by atoms with Crippen molar-refractivity contribution >= 4 is 33.3 Å². The maximum absolute atomic E-state index is 11.4. The van der Waals surface area contributed by atoms with Crippen molar-refractivity contribution in [3.05, 3.63) is 17.8 Å². The minimum absolute atomic E-state index is 0.0867. The molecule has 17 heavy (non-hydrogen) atoms. The van der Waals surface area contributed by atoms with Crippen molar-refractivity contribution in [3.63, 3.8) is 0 Å². The molecular formula is C11H12N4OS. The van der Waals surface area contributed by atoms with E-state index in [1.54, 1.807) is 24.7 Å². The van der Waals surface area contributed by atoms with Gasteiger partial charge in [-0.25, -0.2) is 9.97 Å². The van der Waals surface area contributed by atoms with Crippen LogP contribution in [-0.2, 0) is 4.79 Å². The van der Waals surface area contributed by atoms with Crippen LogP contribution in [0.2, 0.25) is 0 Å². The number of hydrogen-bond donors (Lipinski definition) is 1. The van der Waals surface area contributed by atoms with Crippen molar-refractivity contribution in [1.29, 1.82) is 0 Å². The quantitative estimate of drug-likeness (QED) is 0.857. The molecule has 0 radical (unpaired) electrons. The van der Waals surface area contributed by atoms with Gasteiger partial charge in [-0.15, -0.1) is 11.3 Å².